The highest BCUT2D eigenvalue weighted by atomic mass is 19.4. The molecule has 0 unspecified atom stereocenters. The van der Waals surface area contributed by atoms with E-state index in [2.05, 4.69) is 4.74 Å². The molecule has 66 valence electrons. The minimum atomic E-state index is -4.62. The van der Waals surface area contributed by atoms with E-state index in [0.29, 0.717) is 0 Å². The number of allylic oxidation sites excluding steroid dienone is 2. The number of ether oxygens (including phenoxy) is 1. The zero-order valence-corrected chi connectivity index (χ0v) is 5.89. The molecule has 0 saturated heterocycles. The van der Waals surface area contributed by atoms with Gasteiger partial charge in [-0.05, 0) is 6.08 Å². The number of rotatable bonds is 1. The first-order valence-corrected chi connectivity index (χ1v) is 3.13. The van der Waals surface area contributed by atoms with E-state index in [9.17, 15) is 18.0 Å². The molecule has 1 aliphatic rings. The molecule has 0 aromatic rings. The number of hydrogen-bond acceptors (Lipinski definition) is 2. The number of carbonyl (C=O) groups excluding carboxylic acids is 1. The normalized spacial score (nSPS) is 20.6. The lowest BCUT2D eigenvalue weighted by molar-refractivity contribution is -0.120. The number of halogens is 3. The van der Waals surface area contributed by atoms with Crippen molar-refractivity contribution >= 4 is 6.29 Å². The summed E-state index contributed by atoms with van der Waals surface area (Å²) in [5.41, 5.74) is -1.24. The summed E-state index contributed by atoms with van der Waals surface area (Å²) in [6.07, 6.45) is -2.30. The Balaban J connectivity index is 2.95. The second-order valence-corrected chi connectivity index (χ2v) is 2.15. The van der Waals surface area contributed by atoms with Crippen LogP contribution >= 0.6 is 0 Å². The standard InChI is InChI=1S/C7H5F3O2/c8-7(9,10)5(4-11)6-2-1-3-12-6/h1,3-4H,2H2. The maximum atomic E-state index is 12.0. The Hall–Kier alpha value is -1.26. The number of hydrogen-bond donors (Lipinski definition) is 0. The predicted molar refractivity (Wildman–Crippen MR) is 34.0 cm³/mol. The van der Waals surface area contributed by atoms with Crippen LogP contribution in [0.4, 0.5) is 13.2 Å². The predicted octanol–water partition coefficient (Wildman–Crippen LogP) is 1.94. The van der Waals surface area contributed by atoms with Crippen LogP contribution in [0, 0.1) is 0 Å². The monoisotopic (exact) mass is 178 g/mol. The van der Waals surface area contributed by atoms with E-state index in [-0.39, 0.29) is 18.5 Å². The average Bonchev–Trinajstić information content (AvgIpc) is 2.38. The molecular weight excluding hydrogens is 173 g/mol. The van der Waals surface area contributed by atoms with E-state index in [1.807, 2.05) is 0 Å². The van der Waals surface area contributed by atoms with Crippen LogP contribution in [0.25, 0.3) is 0 Å². The summed E-state index contributed by atoms with van der Waals surface area (Å²) in [5.74, 6) is -0.336. The molecule has 2 nitrogen and oxygen atoms in total. The summed E-state index contributed by atoms with van der Waals surface area (Å²) in [6.45, 7) is 0. The van der Waals surface area contributed by atoms with E-state index in [4.69, 9.17) is 0 Å². The lowest BCUT2D eigenvalue weighted by Gasteiger charge is -2.07. The zero-order chi connectivity index (χ0) is 9.19. The zero-order valence-electron chi connectivity index (χ0n) is 5.89. The molecule has 1 rings (SSSR count). The second-order valence-electron chi connectivity index (χ2n) is 2.15. The van der Waals surface area contributed by atoms with Crippen LogP contribution in [0.1, 0.15) is 6.42 Å². The van der Waals surface area contributed by atoms with Gasteiger partial charge in [-0.15, -0.1) is 0 Å². The van der Waals surface area contributed by atoms with E-state index >= 15 is 0 Å². The first-order chi connectivity index (χ1) is 5.55. The molecule has 0 radical (unpaired) electrons. The highest BCUT2D eigenvalue weighted by molar-refractivity contribution is 5.76. The van der Waals surface area contributed by atoms with Crippen LogP contribution in [0.15, 0.2) is 23.7 Å². The van der Waals surface area contributed by atoms with E-state index in [0.717, 1.165) is 6.26 Å². The third kappa shape index (κ3) is 1.66. The molecule has 5 heteroatoms. The van der Waals surface area contributed by atoms with Gasteiger partial charge in [-0.3, -0.25) is 4.79 Å². The number of alkyl halides is 3. The quantitative estimate of drug-likeness (QED) is 0.453. The molecule has 1 aliphatic heterocycles. The summed E-state index contributed by atoms with van der Waals surface area (Å²) in [7, 11) is 0. The SMILES string of the molecule is O=CC(=C1CC=CO1)C(F)(F)F. The molecule has 0 N–H and O–H groups in total. The average molecular weight is 178 g/mol. The van der Waals surface area contributed by atoms with E-state index in [1.165, 1.54) is 6.08 Å². The van der Waals surface area contributed by atoms with Crippen LogP contribution in [0.3, 0.4) is 0 Å². The Bertz CT molecular complexity index is 240. The van der Waals surface area contributed by atoms with Gasteiger partial charge in [0.05, 0.1) is 6.26 Å². The summed E-state index contributed by atoms with van der Waals surface area (Å²) in [6, 6.07) is 0. The molecule has 1 heterocycles. The first kappa shape index (κ1) is 8.83. The third-order valence-electron chi connectivity index (χ3n) is 1.33. The van der Waals surface area contributed by atoms with Crippen molar-refractivity contribution < 1.29 is 22.7 Å². The third-order valence-corrected chi connectivity index (χ3v) is 1.33. The Kier molecular flexibility index (Phi) is 2.21. The molecule has 0 aromatic carbocycles. The summed E-state index contributed by atoms with van der Waals surface area (Å²) in [4.78, 5) is 10.1. The molecule has 0 aromatic heterocycles. The molecule has 0 spiro atoms. The van der Waals surface area contributed by atoms with Crippen LogP contribution in [0.2, 0.25) is 0 Å². The van der Waals surface area contributed by atoms with Crippen LogP contribution in [0.5, 0.6) is 0 Å². The first-order valence-electron chi connectivity index (χ1n) is 3.13. The highest BCUT2D eigenvalue weighted by Gasteiger charge is 2.37. The van der Waals surface area contributed by atoms with Gasteiger partial charge in [-0.2, -0.15) is 13.2 Å². The fourth-order valence-electron chi connectivity index (χ4n) is 0.798. The van der Waals surface area contributed by atoms with Crippen LogP contribution in [-0.2, 0) is 9.53 Å². The Morgan fingerprint density at radius 1 is 1.58 bits per heavy atom. The van der Waals surface area contributed by atoms with Crippen LogP contribution in [-0.4, -0.2) is 12.5 Å². The summed E-state index contributed by atoms with van der Waals surface area (Å²) < 4.78 is 40.4. The largest absolute Gasteiger partial charge is 0.469 e. The molecule has 0 fully saturated rings. The van der Waals surface area contributed by atoms with Crippen molar-refractivity contribution in [2.75, 3.05) is 0 Å². The van der Waals surface area contributed by atoms with E-state index < -0.39 is 11.7 Å². The topological polar surface area (TPSA) is 26.3 Å². The smallest absolute Gasteiger partial charge is 0.422 e. The van der Waals surface area contributed by atoms with Gasteiger partial charge in [0.2, 0.25) is 0 Å². The minimum absolute atomic E-state index is 0.0214. The lowest BCUT2D eigenvalue weighted by atomic mass is 10.2. The Morgan fingerprint density at radius 2 is 2.25 bits per heavy atom. The molecular formula is C7H5F3O2. The fraction of sp³-hybridized carbons (Fsp3) is 0.286. The Labute approximate surface area is 66.3 Å². The number of carbonyl (C=O) groups is 1. The molecule has 0 amide bonds. The number of aldehydes is 1. The second kappa shape index (κ2) is 3.00. The van der Waals surface area contributed by atoms with Crippen molar-refractivity contribution in [1.29, 1.82) is 0 Å². The van der Waals surface area contributed by atoms with Gasteiger partial charge in [-0.1, -0.05) is 0 Å². The molecule has 0 aliphatic carbocycles. The molecule has 0 atom stereocenters. The van der Waals surface area contributed by atoms with Gasteiger partial charge in [0.15, 0.2) is 6.29 Å². The van der Waals surface area contributed by atoms with Gasteiger partial charge in [0, 0.05) is 6.42 Å². The highest BCUT2D eigenvalue weighted by Crippen LogP contribution is 2.30. The van der Waals surface area contributed by atoms with Crippen molar-refractivity contribution in [2.24, 2.45) is 0 Å². The van der Waals surface area contributed by atoms with Crippen molar-refractivity contribution in [3.8, 4) is 0 Å². The molecule has 0 saturated carbocycles. The van der Waals surface area contributed by atoms with Gasteiger partial charge in [0.25, 0.3) is 0 Å². The summed E-state index contributed by atoms with van der Waals surface area (Å²) >= 11 is 0. The van der Waals surface area contributed by atoms with E-state index in [1.54, 1.807) is 0 Å². The minimum Gasteiger partial charge on any atom is -0.469 e. The molecule has 0 bridgehead atoms. The lowest BCUT2D eigenvalue weighted by Crippen LogP contribution is -2.15. The maximum absolute atomic E-state index is 12.0. The molecule has 12 heavy (non-hydrogen) atoms. The summed E-state index contributed by atoms with van der Waals surface area (Å²) in [5, 5.41) is 0. The van der Waals surface area contributed by atoms with Crippen molar-refractivity contribution in [2.45, 2.75) is 12.6 Å². The van der Waals surface area contributed by atoms with Crippen molar-refractivity contribution in [1.82, 2.24) is 0 Å². The van der Waals surface area contributed by atoms with Gasteiger partial charge in [-0.25, -0.2) is 0 Å². The van der Waals surface area contributed by atoms with Gasteiger partial charge >= 0.3 is 6.18 Å². The van der Waals surface area contributed by atoms with Crippen LogP contribution < -0.4 is 0 Å². The van der Waals surface area contributed by atoms with Crippen molar-refractivity contribution in [3.05, 3.63) is 23.7 Å². The van der Waals surface area contributed by atoms with Crippen molar-refractivity contribution in [3.63, 3.8) is 0 Å². The van der Waals surface area contributed by atoms with Gasteiger partial charge in [0.1, 0.15) is 11.3 Å². The fourth-order valence-corrected chi connectivity index (χ4v) is 0.798. The maximum Gasteiger partial charge on any atom is 0.422 e. The Morgan fingerprint density at radius 3 is 2.58 bits per heavy atom. The van der Waals surface area contributed by atoms with Gasteiger partial charge < -0.3 is 4.74 Å².